The van der Waals surface area contributed by atoms with E-state index in [1.54, 1.807) is 6.07 Å². The number of rotatable bonds is 3. The van der Waals surface area contributed by atoms with Gasteiger partial charge in [0.05, 0.1) is 23.5 Å². The molecule has 0 N–H and O–H groups in total. The Labute approximate surface area is 178 Å². The molecule has 1 unspecified atom stereocenters. The topological polar surface area (TPSA) is 81.1 Å². The SMILES string of the molecule is Cc1ccc(C2=NN(S(C)(=O)=O)C(c3cc4cc5c(cc4nc3Cl)OCO5)C2)cc1. The monoisotopic (exact) mass is 443 g/mol. The van der Waals surface area contributed by atoms with Crippen molar-refractivity contribution in [2.45, 2.75) is 19.4 Å². The third-order valence-corrected chi connectivity index (χ3v) is 6.56. The van der Waals surface area contributed by atoms with E-state index in [0.29, 0.717) is 34.7 Å². The average molecular weight is 444 g/mol. The van der Waals surface area contributed by atoms with E-state index in [-0.39, 0.29) is 11.9 Å². The summed E-state index contributed by atoms with van der Waals surface area (Å²) in [7, 11) is -3.61. The molecular formula is C21H18ClN3O4S. The fraction of sp³-hybridized carbons (Fsp3) is 0.238. The largest absolute Gasteiger partial charge is 0.454 e. The van der Waals surface area contributed by atoms with Crippen molar-refractivity contribution >= 4 is 38.2 Å². The van der Waals surface area contributed by atoms with E-state index in [4.69, 9.17) is 21.1 Å². The number of halogens is 1. The van der Waals surface area contributed by atoms with Crippen molar-refractivity contribution < 1.29 is 17.9 Å². The fourth-order valence-electron chi connectivity index (χ4n) is 3.74. The van der Waals surface area contributed by atoms with Crippen LogP contribution in [-0.2, 0) is 10.0 Å². The molecule has 0 radical (unpaired) electrons. The molecule has 2 aliphatic heterocycles. The maximum Gasteiger partial charge on any atom is 0.247 e. The number of benzene rings is 2. The normalized spacial score (nSPS) is 18.2. The van der Waals surface area contributed by atoms with Gasteiger partial charge in [0.2, 0.25) is 16.8 Å². The molecular weight excluding hydrogens is 426 g/mol. The number of hydrogen-bond acceptors (Lipinski definition) is 6. The molecule has 1 aromatic heterocycles. The highest BCUT2D eigenvalue weighted by molar-refractivity contribution is 7.88. The number of hydrogen-bond donors (Lipinski definition) is 0. The van der Waals surface area contributed by atoms with Gasteiger partial charge >= 0.3 is 0 Å². The van der Waals surface area contributed by atoms with Crippen LogP contribution in [0.1, 0.15) is 29.2 Å². The van der Waals surface area contributed by atoms with E-state index in [0.717, 1.165) is 27.2 Å². The van der Waals surface area contributed by atoms with Gasteiger partial charge in [-0.2, -0.15) is 9.52 Å². The molecule has 1 atom stereocenters. The minimum Gasteiger partial charge on any atom is -0.454 e. The molecule has 7 nitrogen and oxygen atoms in total. The summed E-state index contributed by atoms with van der Waals surface area (Å²) in [5.41, 5.74) is 3.93. The van der Waals surface area contributed by atoms with E-state index in [1.165, 1.54) is 0 Å². The van der Waals surface area contributed by atoms with Gasteiger partial charge in [0.1, 0.15) is 5.15 Å². The molecule has 9 heteroatoms. The second kappa shape index (κ2) is 6.85. The summed E-state index contributed by atoms with van der Waals surface area (Å²) in [6, 6.07) is 12.7. The van der Waals surface area contributed by atoms with Crippen LogP contribution in [-0.4, -0.2) is 36.6 Å². The number of fused-ring (bicyclic) bond motifs is 2. The molecule has 0 saturated carbocycles. The summed E-state index contributed by atoms with van der Waals surface area (Å²) in [6.07, 6.45) is 1.54. The first kappa shape index (κ1) is 19.1. The van der Waals surface area contributed by atoms with Gasteiger partial charge in [0.25, 0.3) is 0 Å². The predicted octanol–water partition coefficient (Wildman–Crippen LogP) is 4.04. The minimum absolute atomic E-state index is 0.157. The first-order valence-electron chi connectivity index (χ1n) is 9.33. The van der Waals surface area contributed by atoms with Crippen LogP contribution in [0.2, 0.25) is 5.15 Å². The maximum atomic E-state index is 12.5. The van der Waals surface area contributed by atoms with E-state index in [9.17, 15) is 8.42 Å². The van der Waals surface area contributed by atoms with Gasteiger partial charge in [0, 0.05) is 23.4 Å². The van der Waals surface area contributed by atoms with E-state index >= 15 is 0 Å². The van der Waals surface area contributed by atoms with Crippen LogP contribution >= 0.6 is 11.6 Å². The number of aryl methyl sites for hydroxylation is 1. The smallest absolute Gasteiger partial charge is 0.247 e. The second-order valence-electron chi connectivity index (χ2n) is 7.43. The molecule has 0 spiro atoms. The van der Waals surface area contributed by atoms with Crippen molar-refractivity contribution in [3.05, 3.63) is 64.3 Å². The Hall–Kier alpha value is -2.84. The molecule has 5 rings (SSSR count). The zero-order valence-electron chi connectivity index (χ0n) is 16.3. The van der Waals surface area contributed by atoms with Gasteiger partial charge in [-0.15, -0.1) is 0 Å². The van der Waals surface area contributed by atoms with Gasteiger partial charge in [-0.25, -0.2) is 13.4 Å². The Bertz CT molecular complexity index is 1310. The van der Waals surface area contributed by atoms with E-state index in [2.05, 4.69) is 10.1 Å². The van der Waals surface area contributed by atoms with E-state index in [1.807, 2.05) is 43.3 Å². The molecule has 3 aromatic rings. The van der Waals surface area contributed by atoms with Gasteiger partial charge < -0.3 is 9.47 Å². The number of nitrogens with zero attached hydrogens (tertiary/aromatic N) is 3. The zero-order valence-corrected chi connectivity index (χ0v) is 17.9. The molecule has 0 bridgehead atoms. The number of sulfonamides is 1. The summed E-state index contributed by atoms with van der Waals surface area (Å²) in [4.78, 5) is 4.48. The molecule has 0 aliphatic carbocycles. The lowest BCUT2D eigenvalue weighted by Crippen LogP contribution is -2.26. The lowest BCUT2D eigenvalue weighted by molar-refractivity contribution is 0.174. The van der Waals surface area contributed by atoms with Crippen molar-refractivity contribution in [2.75, 3.05) is 13.0 Å². The lowest BCUT2D eigenvalue weighted by Gasteiger charge is -2.22. The first-order valence-corrected chi connectivity index (χ1v) is 11.6. The van der Waals surface area contributed by atoms with Crippen molar-refractivity contribution in [3.8, 4) is 11.5 Å². The van der Waals surface area contributed by atoms with Crippen molar-refractivity contribution in [1.29, 1.82) is 0 Å². The third kappa shape index (κ3) is 3.26. The van der Waals surface area contributed by atoms with Crippen LogP contribution in [0.15, 0.2) is 47.6 Å². The Morgan fingerprint density at radius 1 is 1.10 bits per heavy atom. The van der Waals surface area contributed by atoms with Crippen molar-refractivity contribution in [1.82, 2.24) is 9.40 Å². The molecule has 154 valence electrons. The molecule has 0 fully saturated rings. The molecule has 30 heavy (non-hydrogen) atoms. The van der Waals surface area contributed by atoms with Gasteiger partial charge in [-0.3, -0.25) is 0 Å². The minimum atomic E-state index is -3.61. The summed E-state index contributed by atoms with van der Waals surface area (Å²) in [5.74, 6) is 1.24. The number of pyridine rings is 1. The molecule has 2 aromatic carbocycles. The van der Waals surface area contributed by atoms with Gasteiger partial charge in [-0.05, 0) is 24.6 Å². The first-order chi connectivity index (χ1) is 14.3. The van der Waals surface area contributed by atoms with Crippen LogP contribution in [0.25, 0.3) is 10.9 Å². The lowest BCUT2D eigenvalue weighted by atomic mass is 9.98. The molecule has 0 saturated heterocycles. The standard InChI is InChI=1S/C21H18ClN3O4S/c1-12-3-5-13(6-4-12)17-9-18(25(24-17)30(2,26)27)15-7-14-8-19-20(29-11-28-19)10-16(14)23-21(15)22/h3-8,10,18H,9,11H2,1-2H3. The predicted molar refractivity (Wildman–Crippen MR) is 115 cm³/mol. The van der Waals surface area contributed by atoms with Crippen molar-refractivity contribution in [3.63, 3.8) is 0 Å². The number of hydrazone groups is 1. The molecule has 0 amide bonds. The fourth-order valence-corrected chi connectivity index (χ4v) is 4.91. The Morgan fingerprint density at radius 2 is 1.80 bits per heavy atom. The number of ether oxygens (including phenoxy) is 2. The summed E-state index contributed by atoms with van der Waals surface area (Å²) < 4.78 is 37.0. The average Bonchev–Trinajstić information content (AvgIpc) is 3.33. The van der Waals surface area contributed by atoms with Crippen LogP contribution in [0.3, 0.4) is 0 Å². The van der Waals surface area contributed by atoms with Gasteiger partial charge in [0.15, 0.2) is 11.5 Å². The van der Waals surface area contributed by atoms with Crippen LogP contribution in [0, 0.1) is 6.92 Å². The summed E-state index contributed by atoms with van der Waals surface area (Å²) in [6.45, 7) is 2.16. The second-order valence-corrected chi connectivity index (χ2v) is 9.63. The molecule has 3 heterocycles. The van der Waals surface area contributed by atoms with Crippen LogP contribution in [0.4, 0.5) is 0 Å². The van der Waals surface area contributed by atoms with Crippen molar-refractivity contribution in [2.24, 2.45) is 5.10 Å². The van der Waals surface area contributed by atoms with Gasteiger partial charge in [-0.1, -0.05) is 41.4 Å². The Morgan fingerprint density at radius 3 is 2.50 bits per heavy atom. The highest BCUT2D eigenvalue weighted by Crippen LogP contribution is 2.41. The van der Waals surface area contributed by atoms with E-state index < -0.39 is 16.1 Å². The third-order valence-electron chi connectivity index (χ3n) is 5.25. The quantitative estimate of drug-likeness (QED) is 0.571. The number of aromatic nitrogens is 1. The highest BCUT2D eigenvalue weighted by atomic mass is 35.5. The Balaban J connectivity index is 1.59. The molecule has 2 aliphatic rings. The Kier molecular flexibility index (Phi) is 4.37. The summed E-state index contributed by atoms with van der Waals surface area (Å²) in [5, 5.41) is 5.45. The van der Waals surface area contributed by atoms with Crippen LogP contribution in [0.5, 0.6) is 11.5 Å². The summed E-state index contributed by atoms with van der Waals surface area (Å²) >= 11 is 6.51. The zero-order chi connectivity index (χ0) is 21.0. The van der Waals surface area contributed by atoms with Crippen LogP contribution < -0.4 is 9.47 Å². The maximum absolute atomic E-state index is 12.5. The highest BCUT2D eigenvalue weighted by Gasteiger charge is 2.36.